The van der Waals surface area contributed by atoms with Crippen LogP contribution >= 0.6 is 11.3 Å². The molecule has 1 nitrogen and oxygen atoms in total. The highest BCUT2D eigenvalue weighted by Gasteiger charge is 2.38. The summed E-state index contributed by atoms with van der Waals surface area (Å²) >= 11 is 1.70. The molecule has 138 valence electrons. The average molecular weight is 391 g/mol. The molecule has 1 aromatic heterocycles. The molecule has 0 bridgehead atoms. The van der Waals surface area contributed by atoms with Crippen LogP contribution in [0.3, 0.4) is 0 Å². The van der Waals surface area contributed by atoms with Crippen LogP contribution in [0.4, 0.5) is 0 Å². The molecule has 2 heteroatoms. The molecule has 1 atom stereocenters. The number of benzene rings is 4. The molecule has 0 N–H and O–H groups in total. The zero-order valence-corrected chi connectivity index (χ0v) is 16.5. The lowest BCUT2D eigenvalue weighted by Gasteiger charge is -2.36. The summed E-state index contributed by atoms with van der Waals surface area (Å²) in [4.78, 5) is 0. The fourth-order valence-corrected chi connectivity index (χ4v) is 5.13. The molecule has 0 amide bonds. The first kappa shape index (κ1) is 16.6. The van der Waals surface area contributed by atoms with Gasteiger partial charge in [-0.25, -0.2) is 0 Å². The Bertz CT molecular complexity index is 1380. The van der Waals surface area contributed by atoms with Gasteiger partial charge in [0.25, 0.3) is 0 Å². The van der Waals surface area contributed by atoms with Gasteiger partial charge in [-0.1, -0.05) is 72.8 Å². The molecule has 0 fully saturated rings. The van der Waals surface area contributed by atoms with Crippen LogP contribution in [0, 0.1) is 0 Å². The Labute approximate surface area is 173 Å². The van der Waals surface area contributed by atoms with E-state index < -0.39 is 5.60 Å². The van der Waals surface area contributed by atoms with Crippen LogP contribution < -0.4 is 4.74 Å². The Morgan fingerprint density at radius 2 is 1.45 bits per heavy atom. The van der Waals surface area contributed by atoms with Gasteiger partial charge in [-0.15, -0.1) is 0 Å². The molecule has 0 spiro atoms. The zero-order chi connectivity index (χ0) is 19.3. The lowest BCUT2D eigenvalue weighted by molar-refractivity contribution is 0.163. The summed E-state index contributed by atoms with van der Waals surface area (Å²) in [7, 11) is 0. The monoisotopic (exact) mass is 390 g/mol. The van der Waals surface area contributed by atoms with E-state index in [0.29, 0.717) is 0 Å². The van der Waals surface area contributed by atoms with Crippen molar-refractivity contribution in [2.45, 2.75) is 5.60 Å². The van der Waals surface area contributed by atoms with Crippen molar-refractivity contribution < 1.29 is 4.74 Å². The summed E-state index contributed by atoms with van der Waals surface area (Å²) in [6.07, 6.45) is 4.46. The number of hydrogen-bond acceptors (Lipinski definition) is 2. The third-order valence-corrected chi connectivity index (χ3v) is 6.51. The van der Waals surface area contributed by atoms with Crippen molar-refractivity contribution >= 4 is 39.0 Å². The third-order valence-electron chi connectivity index (χ3n) is 5.83. The summed E-state index contributed by atoms with van der Waals surface area (Å²) < 4.78 is 6.89. The highest BCUT2D eigenvalue weighted by Crippen LogP contribution is 2.46. The summed E-state index contributed by atoms with van der Waals surface area (Å²) in [6.45, 7) is 0. The molecular formula is C27H18OS. The molecule has 0 aliphatic carbocycles. The molecule has 2 heterocycles. The van der Waals surface area contributed by atoms with Gasteiger partial charge in [0, 0.05) is 16.7 Å². The van der Waals surface area contributed by atoms with Gasteiger partial charge < -0.3 is 4.74 Å². The predicted molar refractivity (Wildman–Crippen MR) is 123 cm³/mol. The number of ether oxygens (including phenoxy) is 1. The molecule has 1 unspecified atom stereocenters. The normalized spacial score (nSPS) is 17.9. The van der Waals surface area contributed by atoms with Crippen LogP contribution in [-0.4, -0.2) is 0 Å². The fraction of sp³-hybridized carbons (Fsp3) is 0.0370. The van der Waals surface area contributed by atoms with Crippen LogP contribution in [0.2, 0.25) is 0 Å². The quantitative estimate of drug-likeness (QED) is 0.305. The fourth-order valence-electron chi connectivity index (χ4n) is 4.43. The molecule has 0 radical (unpaired) electrons. The average Bonchev–Trinajstić information content (AvgIpc) is 3.34. The number of thiophene rings is 1. The molecule has 29 heavy (non-hydrogen) atoms. The molecule has 4 aromatic carbocycles. The Morgan fingerprint density at radius 1 is 0.690 bits per heavy atom. The van der Waals surface area contributed by atoms with Crippen molar-refractivity contribution in [3.05, 3.63) is 118 Å². The maximum atomic E-state index is 6.89. The van der Waals surface area contributed by atoms with Gasteiger partial charge in [0.05, 0.1) is 0 Å². The number of rotatable bonds is 2. The topological polar surface area (TPSA) is 9.23 Å². The van der Waals surface area contributed by atoms with Crippen LogP contribution in [0.25, 0.3) is 27.6 Å². The minimum absolute atomic E-state index is 0.643. The lowest BCUT2D eigenvalue weighted by Crippen LogP contribution is -2.34. The molecule has 1 aliphatic heterocycles. The Hall–Kier alpha value is -3.36. The largest absolute Gasteiger partial charge is 0.473 e. The van der Waals surface area contributed by atoms with Crippen molar-refractivity contribution in [3.8, 4) is 5.75 Å². The van der Waals surface area contributed by atoms with E-state index in [9.17, 15) is 0 Å². The molecule has 5 aromatic rings. The Morgan fingerprint density at radius 3 is 2.28 bits per heavy atom. The second kappa shape index (κ2) is 6.33. The van der Waals surface area contributed by atoms with Crippen molar-refractivity contribution in [1.82, 2.24) is 0 Å². The van der Waals surface area contributed by atoms with Gasteiger partial charge in [-0.3, -0.25) is 0 Å². The van der Waals surface area contributed by atoms with Crippen LogP contribution in [0.1, 0.15) is 16.7 Å². The minimum atomic E-state index is -0.643. The van der Waals surface area contributed by atoms with E-state index in [2.05, 4.69) is 108 Å². The van der Waals surface area contributed by atoms with Crippen molar-refractivity contribution in [2.24, 2.45) is 0 Å². The number of fused-ring (bicyclic) bond motifs is 4. The molecular weight excluding hydrogens is 372 g/mol. The van der Waals surface area contributed by atoms with Crippen molar-refractivity contribution in [1.29, 1.82) is 0 Å². The smallest absolute Gasteiger partial charge is 0.179 e. The zero-order valence-electron chi connectivity index (χ0n) is 15.7. The minimum Gasteiger partial charge on any atom is -0.473 e. The van der Waals surface area contributed by atoms with Gasteiger partial charge in [0.2, 0.25) is 0 Å². The van der Waals surface area contributed by atoms with Crippen molar-refractivity contribution in [3.63, 3.8) is 0 Å². The highest BCUT2D eigenvalue weighted by atomic mass is 32.1. The molecule has 0 saturated heterocycles. The summed E-state index contributed by atoms with van der Waals surface area (Å²) in [5, 5.41) is 9.20. The first-order valence-electron chi connectivity index (χ1n) is 9.76. The van der Waals surface area contributed by atoms with Gasteiger partial charge in [0.1, 0.15) is 5.75 Å². The maximum Gasteiger partial charge on any atom is 0.179 e. The van der Waals surface area contributed by atoms with Gasteiger partial charge in [-0.05, 0) is 56.6 Å². The van der Waals surface area contributed by atoms with E-state index >= 15 is 0 Å². The lowest BCUT2D eigenvalue weighted by atomic mass is 9.82. The van der Waals surface area contributed by atoms with E-state index in [0.717, 1.165) is 16.9 Å². The van der Waals surface area contributed by atoms with Crippen LogP contribution in [0.15, 0.2) is 102 Å². The van der Waals surface area contributed by atoms with Crippen LogP contribution in [0.5, 0.6) is 5.75 Å². The standard InChI is InChI=1S/C27H18OS/c1-3-9-22-20(7-1)12-13-26-24(22)14-16-27(28-26,21-15-17-29-18-21)25-11-5-8-19-6-2-4-10-23(19)25/h1-18H. The van der Waals surface area contributed by atoms with Crippen molar-refractivity contribution in [2.75, 3.05) is 0 Å². The Balaban J connectivity index is 1.64. The second-order valence-corrected chi connectivity index (χ2v) is 8.19. The second-order valence-electron chi connectivity index (χ2n) is 7.41. The first-order chi connectivity index (χ1) is 14.4. The number of hydrogen-bond donors (Lipinski definition) is 0. The maximum absolute atomic E-state index is 6.89. The molecule has 1 aliphatic rings. The molecule has 6 rings (SSSR count). The van der Waals surface area contributed by atoms with E-state index in [1.54, 1.807) is 11.3 Å². The first-order valence-corrected chi connectivity index (χ1v) is 10.7. The molecule has 0 saturated carbocycles. The van der Waals surface area contributed by atoms with Gasteiger partial charge in [0.15, 0.2) is 5.60 Å². The Kier molecular flexibility index (Phi) is 3.62. The summed E-state index contributed by atoms with van der Waals surface area (Å²) in [5.41, 5.74) is 2.84. The van der Waals surface area contributed by atoms with E-state index in [4.69, 9.17) is 4.74 Å². The van der Waals surface area contributed by atoms with E-state index in [1.165, 1.54) is 27.1 Å². The highest BCUT2D eigenvalue weighted by molar-refractivity contribution is 7.08. The predicted octanol–water partition coefficient (Wildman–Crippen LogP) is 7.40. The third kappa shape index (κ3) is 2.46. The van der Waals surface area contributed by atoms with E-state index in [-0.39, 0.29) is 0 Å². The summed E-state index contributed by atoms with van der Waals surface area (Å²) in [5.74, 6) is 0.922. The SMILES string of the molecule is C1=CC(c2ccsc2)(c2cccc3ccccc23)Oc2ccc3ccccc3c21. The van der Waals surface area contributed by atoms with Gasteiger partial charge >= 0.3 is 0 Å². The van der Waals surface area contributed by atoms with E-state index in [1.807, 2.05) is 0 Å². The summed E-state index contributed by atoms with van der Waals surface area (Å²) in [6, 6.07) is 29.9. The van der Waals surface area contributed by atoms with Crippen LogP contribution in [-0.2, 0) is 5.60 Å². The van der Waals surface area contributed by atoms with Gasteiger partial charge in [-0.2, -0.15) is 11.3 Å².